The highest BCUT2D eigenvalue weighted by molar-refractivity contribution is 5.89. The Labute approximate surface area is 113 Å². The smallest absolute Gasteiger partial charge is 0.241 e. The van der Waals surface area contributed by atoms with Gasteiger partial charge in [0.05, 0.1) is 18.6 Å². The molecule has 2 amide bonds. The Bertz CT molecular complexity index is 401. The van der Waals surface area contributed by atoms with Crippen molar-refractivity contribution in [2.24, 2.45) is 11.3 Å². The first-order valence-electron chi connectivity index (χ1n) is 6.95. The van der Waals surface area contributed by atoms with E-state index in [1.54, 1.807) is 16.8 Å². The van der Waals surface area contributed by atoms with E-state index in [-0.39, 0.29) is 18.4 Å². The summed E-state index contributed by atoms with van der Waals surface area (Å²) in [7, 11) is 1.78. The van der Waals surface area contributed by atoms with Gasteiger partial charge in [0.1, 0.15) is 0 Å². The Morgan fingerprint density at radius 2 is 2.32 bits per heavy atom. The number of ether oxygens (including phenoxy) is 1. The van der Waals surface area contributed by atoms with Crippen molar-refractivity contribution in [3.05, 3.63) is 0 Å². The van der Waals surface area contributed by atoms with Gasteiger partial charge in [-0.2, -0.15) is 0 Å². The van der Waals surface area contributed by atoms with E-state index in [1.807, 2.05) is 0 Å². The molecule has 3 aliphatic rings. The standard InChI is InChI=1S/C13H21N3O3/c1-15-3-4-16(7-11(15)17)12(18)13-8-14-6-10(13)2-5-19-9-13/h10,14H,2-9H2,1H3/t10-,13+/m1/s1. The molecule has 106 valence electrons. The summed E-state index contributed by atoms with van der Waals surface area (Å²) >= 11 is 0. The number of fused-ring (bicyclic) bond motifs is 1. The number of nitrogens with one attached hydrogen (secondary N) is 1. The summed E-state index contributed by atoms with van der Waals surface area (Å²) in [6, 6.07) is 0. The van der Waals surface area contributed by atoms with Crippen molar-refractivity contribution in [2.75, 3.05) is 53.0 Å². The molecular weight excluding hydrogens is 246 g/mol. The molecule has 3 aliphatic heterocycles. The number of rotatable bonds is 1. The maximum absolute atomic E-state index is 12.8. The van der Waals surface area contributed by atoms with Gasteiger partial charge in [-0.15, -0.1) is 0 Å². The fourth-order valence-electron chi connectivity index (χ4n) is 3.39. The van der Waals surface area contributed by atoms with Crippen LogP contribution in [0.4, 0.5) is 0 Å². The Hall–Kier alpha value is -1.14. The quantitative estimate of drug-likeness (QED) is 0.656. The Morgan fingerprint density at radius 1 is 1.47 bits per heavy atom. The van der Waals surface area contributed by atoms with Gasteiger partial charge in [0.2, 0.25) is 11.8 Å². The zero-order valence-corrected chi connectivity index (χ0v) is 11.4. The Morgan fingerprint density at radius 3 is 3.11 bits per heavy atom. The van der Waals surface area contributed by atoms with Crippen molar-refractivity contribution in [1.29, 1.82) is 0 Å². The van der Waals surface area contributed by atoms with Gasteiger partial charge in [-0.3, -0.25) is 9.59 Å². The third kappa shape index (κ3) is 2.03. The molecule has 0 aromatic carbocycles. The Kier molecular flexibility index (Phi) is 3.22. The van der Waals surface area contributed by atoms with E-state index in [4.69, 9.17) is 4.74 Å². The average molecular weight is 267 g/mol. The molecule has 0 spiro atoms. The maximum atomic E-state index is 12.8. The zero-order valence-electron chi connectivity index (χ0n) is 11.4. The monoisotopic (exact) mass is 267 g/mol. The van der Waals surface area contributed by atoms with Crippen molar-refractivity contribution in [1.82, 2.24) is 15.1 Å². The van der Waals surface area contributed by atoms with Crippen molar-refractivity contribution in [2.45, 2.75) is 6.42 Å². The van der Waals surface area contributed by atoms with Crippen LogP contribution in [-0.2, 0) is 14.3 Å². The minimum atomic E-state index is -0.436. The number of likely N-dealkylation sites (N-methyl/N-ethyl adjacent to an activating group) is 1. The van der Waals surface area contributed by atoms with Crippen molar-refractivity contribution >= 4 is 11.8 Å². The van der Waals surface area contributed by atoms with Gasteiger partial charge in [0.15, 0.2) is 0 Å². The average Bonchev–Trinajstić information content (AvgIpc) is 2.86. The maximum Gasteiger partial charge on any atom is 0.241 e. The molecule has 19 heavy (non-hydrogen) atoms. The lowest BCUT2D eigenvalue weighted by atomic mass is 9.74. The van der Waals surface area contributed by atoms with E-state index in [0.29, 0.717) is 32.2 Å². The third-order valence-electron chi connectivity index (χ3n) is 4.75. The highest BCUT2D eigenvalue weighted by Crippen LogP contribution is 2.39. The zero-order chi connectivity index (χ0) is 13.5. The number of carbonyl (C=O) groups excluding carboxylic acids is 2. The summed E-state index contributed by atoms with van der Waals surface area (Å²) in [5, 5.41) is 3.32. The lowest BCUT2D eigenvalue weighted by molar-refractivity contribution is -0.158. The first-order chi connectivity index (χ1) is 9.13. The molecule has 2 atom stereocenters. The highest BCUT2D eigenvalue weighted by atomic mass is 16.5. The van der Waals surface area contributed by atoms with Gasteiger partial charge in [-0.25, -0.2) is 0 Å². The second-order valence-electron chi connectivity index (χ2n) is 5.87. The van der Waals surface area contributed by atoms with Gasteiger partial charge >= 0.3 is 0 Å². The van der Waals surface area contributed by atoms with Crippen LogP contribution < -0.4 is 5.32 Å². The molecule has 3 fully saturated rings. The number of piperazine rings is 1. The summed E-state index contributed by atoms with van der Waals surface area (Å²) in [5.41, 5.74) is -0.436. The summed E-state index contributed by atoms with van der Waals surface area (Å²) in [6.45, 7) is 4.26. The molecule has 3 saturated heterocycles. The van der Waals surface area contributed by atoms with Crippen LogP contribution in [0.3, 0.4) is 0 Å². The van der Waals surface area contributed by atoms with E-state index >= 15 is 0 Å². The summed E-state index contributed by atoms with van der Waals surface area (Å²) in [5.74, 6) is 0.474. The molecular formula is C13H21N3O3. The molecule has 0 radical (unpaired) electrons. The molecule has 6 nitrogen and oxygen atoms in total. The number of hydrogen-bond donors (Lipinski definition) is 1. The second kappa shape index (κ2) is 4.76. The van der Waals surface area contributed by atoms with Crippen LogP contribution in [0.25, 0.3) is 0 Å². The first-order valence-corrected chi connectivity index (χ1v) is 6.95. The Balaban J connectivity index is 1.77. The molecule has 3 heterocycles. The lowest BCUT2D eigenvalue weighted by Crippen LogP contribution is -2.58. The predicted molar refractivity (Wildman–Crippen MR) is 68.4 cm³/mol. The van der Waals surface area contributed by atoms with Crippen molar-refractivity contribution < 1.29 is 14.3 Å². The number of carbonyl (C=O) groups is 2. The van der Waals surface area contributed by atoms with Gasteiger partial charge in [0, 0.05) is 33.3 Å². The minimum Gasteiger partial charge on any atom is -0.380 e. The molecule has 0 aromatic rings. The number of amides is 2. The van der Waals surface area contributed by atoms with Crippen LogP contribution in [0.1, 0.15) is 6.42 Å². The lowest BCUT2D eigenvalue weighted by Gasteiger charge is -2.42. The molecule has 0 unspecified atom stereocenters. The number of nitrogens with zero attached hydrogens (tertiary/aromatic N) is 2. The van der Waals surface area contributed by atoms with E-state index in [1.165, 1.54) is 0 Å². The van der Waals surface area contributed by atoms with E-state index in [2.05, 4.69) is 5.32 Å². The molecule has 0 aliphatic carbocycles. The van der Waals surface area contributed by atoms with E-state index in [0.717, 1.165) is 19.6 Å². The van der Waals surface area contributed by atoms with E-state index in [9.17, 15) is 9.59 Å². The predicted octanol–water partition coefficient (Wildman–Crippen LogP) is -1.09. The van der Waals surface area contributed by atoms with Gasteiger partial charge in [0.25, 0.3) is 0 Å². The van der Waals surface area contributed by atoms with Crippen LogP contribution >= 0.6 is 0 Å². The topological polar surface area (TPSA) is 61.9 Å². The minimum absolute atomic E-state index is 0.0234. The fraction of sp³-hybridized carbons (Fsp3) is 0.846. The number of hydrogen-bond acceptors (Lipinski definition) is 4. The summed E-state index contributed by atoms with van der Waals surface area (Å²) in [4.78, 5) is 28.0. The van der Waals surface area contributed by atoms with Crippen molar-refractivity contribution in [3.8, 4) is 0 Å². The van der Waals surface area contributed by atoms with Crippen LogP contribution in [0.15, 0.2) is 0 Å². The van der Waals surface area contributed by atoms with Crippen LogP contribution in [-0.4, -0.2) is 74.6 Å². The first kappa shape index (κ1) is 12.9. The normalized spacial score (nSPS) is 35.4. The highest BCUT2D eigenvalue weighted by Gasteiger charge is 2.52. The van der Waals surface area contributed by atoms with Gasteiger partial charge in [-0.05, 0) is 18.9 Å². The SMILES string of the molecule is CN1CCN(C(=O)[C@]23CNC[C@H]2CCOC3)CC1=O. The molecule has 0 saturated carbocycles. The third-order valence-corrected chi connectivity index (χ3v) is 4.75. The van der Waals surface area contributed by atoms with Crippen LogP contribution in [0.2, 0.25) is 0 Å². The van der Waals surface area contributed by atoms with Crippen molar-refractivity contribution in [3.63, 3.8) is 0 Å². The summed E-state index contributed by atoms with van der Waals surface area (Å²) in [6.07, 6.45) is 0.931. The van der Waals surface area contributed by atoms with Crippen LogP contribution in [0, 0.1) is 11.3 Å². The molecule has 6 heteroatoms. The molecule has 1 N–H and O–H groups in total. The molecule has 0 bridgehead atoms. The molecule has 0 aromatic heterocycles. The second-order valence-corrected chi connectivity index (χ2v) is 5.87. The molecule has 3 rings (SSSR count). The van der Waals surface area contributed by atoms with Gasteiger partial charge < -0.3 is 19.9 Å². The van der Waals surface area contributed by atoms with Crippen LogP contribution in [0.5, 0.6) is 0 Å². The largest absolute Gasteiger partial charge is 0.380 e. The fourth-order valence-corrected chi connectivity index (χ4v) is 3.39. The summed E-state index contributed by atoms with van der Waals surface area (Å²) < 4.78 is 5.56. The van der Waals surface area contributed by atoms with E-state index < -0.39 is 5.41 Å². The van der Waals surface area contributed by atoms with Gasteiger partial charge in [-0.1, -0.05) is 0 Å².